The topological polar surface area (TPSA) is 60.2 Å². The van der Waals surface area contributed by atoms with E-state index in [0.717, 1.165) is 35.4 Å². The molecule has 0 aliphatic carbocycles. The maximum absolute atomic E-state index is 5.74. The number of aromatic nitrogens is 1. The van der Waals surface area contributed by atoms with Crippen molar-refractivity contribution in [2.45, 2.75) is 32.7 Å². The van der Waals surface area contributed by atoms with Crippen molar-refractivity contribution in [2.75, 3.05) is 7.11 Å². The van der Waals surface area contributed by atoms with Crippen LogP contribution in [-0.2, 0) is 12.8 Å². The molecular formula is C17H23N3O. The van der Waals surface area contributed by atoms with Gasteiger partial charge in [0.05, 0.1) is 13.2 Å². The molecular weight excluding hydrogens is 262 g/mol. The molecule has 4 heteroatoms. The van der Waals surface area contributed by atoms with Crippen molar-refractivity contribution in [3.63, 3.8) is 0 Å². The number of hydrogen-bond donors (Lipinski definition) is 2. The summed E-state index contributed by atoms with van der Waals surface area (Å²) in [4.78, 5) is 4.50. The summed E-state index contributed by atoms with van der Waals surface area (Å²) >= 11 is 0. The molecule has 21 heavy (non-hydrogen) atoms. The smallest absolute Gasteiger partial charge is 0.123 e. The van der Waals surface area contributed by atoms with Crippen LogP contribution in [-0.4, -0.2) is 12.1 Å². The van der Waals surface area contributed by atoms with E-state index in [2.05, 4.69) is 41.6 Å². The zero-order valence-electron chi connectivity index (χ0n) is 12.9. The van der Waals surface area contributed by atoms with E-state index in [-0.39, 0.29) is 6.04 Å². The summed E-state index contributed by atoms with van der Waals surface area (Å²) in [7, 11) is 1.68. The van der Waals surface area contributed by atoms with E-state index < -0.39 is 0 Å². The summed E-state index contributed by atoms with van der Waals surface area (Å²) < 4.78 is 5.47. The van der Waals surface area contributed by atoms with Crippen LogP contribution in [0.2, 0.25) is 0 Å². The number of rotatable bonds is 6. The van der Waals surface area contributed by atoms with E-state index in [0.29, 0.717) is 0 Å². The summed E-state index contributed by atoms with van der Waals surface area (Å²) in [5, 5.41) is 0. The first-order valence-corrected chi connectivity index (χ1v) is 7.22. The van der Waals surface area contributed by atoms with Gasteiger partial charge in [0.15, 0.2) is 0 Å². The van der Waals surface area contributed by atoms with Gasteiger partial charge < -0.3 is 4.74 Å². The van der Waals surface area contributed by atoms with Crippen LogP contribution in [0.25, 0.3) is 0 Å². The molecule has 2 aromatic rings. The first-order valence-electron chi connectivity index (χ1n) is 7.22. The maximum Gasteiger partial charge on any atom is 0.123 e. The van der Waals surface area contributed by atoms with Crippen LogP contribution in [0.5, 0.6) is 5.75 Å². The SMILES string of the molecule is CCc1ccc(CC(NN)c2ccc(C)cc2OC)nc1. The Morgan fingerprint density at radius 3 is 2.67 bits per heavy atom. The van der Waals surface area contributed by atoms with Crippen LogP contribution >= 0.6 is 0 Å². The van der Waals surface area contributed by atoms with Crippen LogP contribution in [0.3, 0.4) is 0 Å². The van der Waals surface area contributed by atoms with E-state index in [1.165, 1.54) is 5.56 Å². The number of aryl methyl sites for hydroxylation is 2. The highest BCUT2D eigenvalue weighted by molar-refractivity contribution is 5.39. The number of pyridine rings is 1. The number of hydrazine groups is 1. The fourth-order valence-corrected chi connectivity index (χ4v) is 2.36. The largest absolute Gasteiger partial charge is 0.496 e. The third-order valence-electron chi connectivity index (χ3n) is 3.67. The monoisotopic (exact) mass is 285 g/mol. The van der Waals surface area contributed by atoms with E-state index >= 15 is 0 Å². The quantitative estimate of drug-likeness (QED) is 0.633. The molecule has 1 unspecified atom stereocenters. The highest BCUT2D eigenvalue weighted by Gasteiger charge is 2.16. The molecule has 1 aromatic carbocycles. The molecule has 0 amide bonds. The lowest BCUT2D eigenvalue weighted by Crippen LogP contribution is -2.30. The standard InChI is InChI=1S/C17H23N3O/c1-4-13-6-7-14(19-11-13)10-16(20-18)15-8-5-12(2)9-17(15)21-3/h5-9,11,16,20H,4,10,18H2,1-3H3. The molecule has 0 spiro atoms. The molecule has 0 aliphatic rings. The minimum absolute atomic E-state index is 0.0273. The van der Waals surface area contributed by atoms with Crippen molar-refractivity contribution in [1.29, 1.82) is 0 Å². The number of methoxy groups -OCH3 is 1. The third kappa shape index (κ3) is 3.80. The molecule has 0 saturated carbocycles. The van der Waals surface area contributed by atoms with Gasteiger partial charge in [-0.1, -0.05) is 25.1 Å². The van der Waals surface area contributed by atoms with Crippen LogP contribution < -0.4 is 16.0 Å². The molecule has 1 heterocycles. The van der Waals surface area contributed by atoms with Crippen LogP contribution in [0.1, 0.15) is 35.3 Å². The van der Waals surface area contributed by atoms with Gasteiger partial charge in [-0.15, -0.1) is 0 Å². The normalized spacial score (nSPS) is 12.2. The number of ether oxygens (including phenoxy) is 1. The molecule has 1 aromatic heterocycles. The van der Waals surface area contributed by atoms with Gasteiger partial charge in [-0.2, -0.15) is 0 Å². The van der Waals surface area contributed by atoms with E-state index in [1.807, 2.05) is 19.2 Å². The average Bonchev–Trinajstić information content (AvgIpc) is 2.53. The number of hydrogen-bond acceptors (Lipinski definition) is 4. The summed E-state index contributed by atoms with van der Waals surface area (Å²) in [6, 6.07) is 10.3. The van der Waals surface area contributed by atoms with Gasteiger partial charge >= 0.3 is 0 Å². The van der Waals surface area contributed by atoms with Gasteiger partial charge in [0.1, 0.15) is 5.75 Å². The lowest BCUT2D eigenvalue weighted by molar-refractivity contribution is 0.398. The number of benzene rings is 1. The Labute approximate surface area is 126 Å². The molecule has 0 aliphatic heterocycles. The molecule has 1 atom stereocenters. The van der Waals surface area contributed by atoms with Crippen molar-refractivity contribution >= 4 is 0 Å². The Balaban J connectivity index is 2.22. The van der Waals surface area contributed by atoms with Gasteiger partial charge in [-0.3, -0.25) is 16.3 Å². The lowest BCUT2D eigenvalue weighted by Gasteiger charge is -2.19. The van der Waals surface area contributed by atoms with Gasteiger partial charge in [-0.05, 0) is 36.6 Å². The highest BCUT2D eigenvalue weighted by atomic mass is 16.5. The van der Waals surface area contributed by atoms with Crippen LogP contribution in [0.4, 0.5) is 0 Å². The molecule has 0 radical (unpaired) electrons. The van der Waals surface area contributed by atoms with Crippen LogP contribution in [0, 0.1) is 6.92 Å². The molecule has 0 fully saturated rings. The van der Waals surface area contributed by atoms with Crippen molar-refractivity contribution in [3.05, 3.63) is 58.9 Å². The van der Waals surface area contributed by atoms with Crippen LogP contribution in [0.15, 0.2) is 36.5 Å². The van der Waals surface area contributed by atoms with Crippen molar-refractivity contribution in [2.24, 2.45) is 5.84 Å². The van der Waals surface area contributed by atoms with Gasteiger partial charge in [0, 0.05) is 23.9 Å². The second-order valence-electron chi connectivity index (χ2n) is 5.18. The Hall–Kier alpha value is -1.91. The summed E-state index contributed by atoms with van der Waals surface area (Å²) in [5.41, 5.74) is 7.33. The zero-order chi connectivity index (χ0) is 15.2. The summed E-state index contributed by atoms with van der Waals surface area (Å²) in [6.07, 6.45) is 3.65. The van der Waals surface area contributed by atoms with Crippen molar-refractivity contribution in [1.82, 2.24) is 10.4 Å². The predicted octanol–water partition coefficient (Wildman–Crippen LogP) is 2.71. The number of nitrogens with one attached hydrogen (secondary N) is 1. The minimum atomic E-state index is -0.0273. The molecule has 3 N–H and O–H groups in total. The van der Waals surface area contributed by atoms with Gasteiger partial charge in [-0.25, -0.2) is 0 Å². The average molecular weight is 285 g/mol. The first kappa shape index (κ1) is 15.5. The zero-order valence-corrected chi connectivity index (χ0v) is 12.9. The van der Waals surface area contributed by atoms with Gasteiger partial charge in [0.25, 0.3) is 0 Å². The van der Waals surface area contributed by atoms with E-state index in [4.69, 9.17) is 10.6 Å². The van der Waals surface area contributed by atoms with Crippen molar-refractivity contribution in [3.8, 4) is 5.75 Å². The maximum atomic E-state index is 5.74. The Morgan fingerprint density at radius 1 is 1.29 bits per heavy atom. The molecule has 2 rings (SSSR count). The molecule has 112 valence electrons. The number of nitrogens with zero attached hydrogens (tertiary/aromatic N) is 1. The van der Waals surface area contributed by atoms with E-state index in [9.17, 15) is 0 Å². The second kappa shape index (κ2) is 7.20. The fraction of sp³-hybridized carbons (Fsp3) is 0.353. The first-order chi connectivity index (χ1) is 10.2. The summed E-state index contributed by atoms with van der Waals surface area (Å²) in [5.74, 6) is 6.59. The van der Waals surface area contributed by atoms with E-state index in [1.54, 1.807) is 7.11 Å². The highest BCUT2D eigenvalue weighted by Crippen LogP contribution is 2.28. The summed E-state index contributed by atoms with van der Waals surface area (Å²) in [6.45, 7) is 4.17. The molecule has 0 bridgehead atoms. The molecule has 4 nitrogen and oxygen atoms in total. The molecule has 0 saturated heterocycles. The predicted molar refractivity (Wildman–Crippen MR) is 85.1 cm³/mol. The number of nitrogens with two attached hydrogens (primary N) is 1. The Bertz CT molecular complexity index is 581. The minimum Gasteiger partial charge on any atom is -0.496 e. The Morgan fingerprint density at radius 2 is 2.10 bits per heavy atom. The third-order valence-corrected chi connectivity index (χ3v) is 3.67. The fourth-order valence-electron chi connectivity index (χ4n) is 2.36. The van der Waals surface area contributed by atoms with Crippen molar-refractivity contribution < 1.29 is 4.74 Å². The second-order valence-corrected chi connectivity index (χ2v) is 5.18. The lowest BCUT2D eigenvalue weighted by atomic mass is 9.99. The van der Waals surface area contributed by atoms with Gasteiger partial charge in [0.2, 0.25) is 0 Å². The Kier molecular flexibility index (Phi) is 5.31.